The first-order valence-electron chi connectivity index (χ1n) is 7.56. The highest BCUT2D eigenvalue weighted by molar-refractivity contribution is 5.28. The van der Waals surface area contributed by atoms with Crippen molar-refractivity contribution in [2.75, 3.05) is 0 Å². The maximum Gasteiger partial charge on any atom is 0.342 e. The molecule has 0 aliphatic heterocycles. The van der Waals surface area contributed by atoms with Crippen molar-refractivity contribution in [2.45, 2.75) is 59.2 Å². The Hall–Kier alpha value is -1.59. The number of aromatic hydroxyl groups is 1. The summed E-state index contributed by atoms with van der Waals surface area (Å²) >= 11 is 0. The number of rotatable bonds is 7. The van der Waals surface area contributed by atoms with Crippen LogP contribution in [0, 0.1) is 12.8 Å². The predicted octanol–water partition coefficient (Wildman–Crippen LogP) is 2.30. The van der Waals surface area contributed by atoms with Crippen LogP contribution in [-0.4, -0.2) is 27.5 Å². The highest BCUT2D eigenvalue weighted by atomic mass is 16.4. The number of hydrogen-bond donors (Lipinski definition) is 3. The zero-order chi connectivity index (χ0) is 16.9. The smallest absolute Gasteiger partial charge is 0.342 e. The number of aliphatic hydroxyl groups excluding tert-OH is 2. The molecule has 0 aliphatic rings. The van der Waals surface area contributed by atoms with E-state index >= 15 is 0 Å². The summed E-state index contributed by atoms with van der Waals surface area (Å²) in [6, 6.07) is 1.37. The molecule has 0 radical (unpaired) electrons. The first-order chi connectivity index (χ1) is 10.2. The largest absolute Gasteiger partial charge is 0.507 e. The molecule has 0 spiro atoms. The molecule has 0 aliphatic carbocycles. The second-order valence-electron chi connectivity index (χ2n) is 6.02. The van der Waals surface area contributed by atoms with Gasteiger partial charge in [0.2, 0.25) is 0 Å². The van der Waals surface area contributed by atoms with Crippen molar-refractivity contribution < 1.29 is 19.7 Å². The van der Waals surface area contributed by atoms with Gasteiger partial charge >= 0.3 is 5.63 Å². The average Bonchev–Trinajstić information content (AvgIpc) is 2.42. The van der Waals surface area contributed by atoms with E-state index < -0.39 is 17.8 Å². The fourth-order valence-corrected chi connectivity index (χ4v) is 2.09. The quantitative estimate of drug-likeness (QED) is 0.672. The molecule has 124 valence electrons. The van der Waals surface area contributed by atoms with Gasteiger partial charge in [-0.1, -0.05) is 18.6 Å². The van der Waals surface area contributed by atoms with Crippen LogP contribution in [0.5, 0.6) is 5.75 Å². The first-order valence-corrected chi connectivity index (χ1v) is 7.56. The molecule has 0 fully saturated rings. The lowest BCUT2D eigenvalue weighted by Crippen LogP contribution is -2.14. The van der Waals surface area contributed by atoms with Gasteiger partial charge in [0.1, 0.15) is 11.5 Å². The third-order valence-corrected chi connectivity index (χ3v) is 3.83. The van der Waals surface area contributed by atoms with Gasteiger partial charge in [-0.15, -0.1) is 0 Å². The maximum atomic E-state index is 11.5. The standard InChI is InChI=1S/C17H26O5/c1-10(7-11(2)13(4)18)5-6-14(19)8-15-9-16(20)12(3)17(21)22-15/h7,9,11,13-14,18-20H,5-6,8H2,1-4H3/b10-7+/t11-,13-,14+/m0/s1. The Balaban J connectivity index is 2.57. The van der Waals surface area contributed by atoms with Crippen molar-refractivity contribution in [3.63, 3.8) is 0 Å². The van der Waals surface area contributed by atoms with Crippen LogP contribution in [-0.2, 0) is 6.42 Å². The van der Waals surface area contributed by atoms with E-state index in [0.717, 1.165) is 5.57 Å². The Kier molecular flexibility index (Phi) is 6.84. The second-order valence-corrected chi connectivity index (χ2v) is 6.02. The summed E-state index contributed by atoms with van der Waals surface area (Å²) in [4.78, 5) is 11.5. The number of aliphatic hydroxyl groups is 2. The van der Waals surface area contributed by atoms with Crippen LogP contribution in [0.1, 0.15) is 44.9 Å². The maximum absolute atomic E-state index is 11.5. The molecule has 1 heterocycles. The molecule has 5 nitrogen and oxygen atoms in total. The van der Waals surface area contributed by atoms with Crippen molar-refractivity contribution in [2.24, 2.45) is 5.92 Å². The first kappa shape index (κ1) is 18.5. The van der Waals surface area contributed by atoms with Crippen molar-refractivity contribution in [1.29, 1.82) is 0 Å². The molecule has 5 heteroatoms. The van der Waals surface area contributed by atoms with Gasteiger partial charge in [0.15, 0.2) is 0 Å². The van der Waals surface area contributed by atoms with Crippen molar-refractivity contribution in [3.8, 4) is 5.75 Å². The molecule has 0 saturated carbocycles. The normalized spacial score (nSPS) is 16.4. The van der Waals surface area contributed by atoms with Crippen LogP contribution < -0.4 is 5.63 Å². The molecule has 1 rings (SSSR count). The van der Waals surface area contributed by atoms with Crippen LogP contribution in [0.25, 0.3) is 0 Å². The summed E-state index contributed by atoms with van der Waals surface area (Å²) in [5.41, 5.74) is 0.689. The third-order valence-electron chi connectivity index (χ3n) is 3.83. The van der Waals surface area contributed by atoms with E-state index in [1.165, 1.54) is 13.0 Å². The summed E-state index contributed by atoms with van der Waals surface area (Å²) in [5, 5.41) is 29.1. The molecular weight excluding hydrogens is 284 g/mol. The van der Waals surface area contributed by atoms with Crippen LogP contribution in [0.2, 0.25) is 0 Å². The van der Waals surface area contributed by atoms with Crippen molar-refractivity contribution in [3.05, 3.63) is 39.5 Å². The minimum atomic E-state index is -0.657. The van der Waals surface area contributed by atoms with Gasteiger partial charge < -0.3 is 19.7 Å². The highest BCUT2D eigenvalue weighted by Gasteiger charge is 2.12. The third kappa shape index (κ3) is 5.66. The van der Waals surface area contributed by atoms with Gasteiger partial charge in [-0.2, -0.15) is 0 Å². The molecule has 0 aromatic carbocycles. The predicted molar refractivity (Wildman–Crippen MR) is 84.9 cm³/mol. The van der Waals surface area contributed by atoms with E-state index in [9.17, 15) is 20.1 Å². The minimum absolute atomic E-state index is 0.0733. The van der Waals surface area contributed by atoms with E-state index in [0.29, 0.717) is 12.8 Å². The Labute approximate surface area is 130 Å². The van der Waals surface area contributed by atoms with Gasteiger partial charge in [-0.05, 0) is 39.5 Å². The Bertz CT molecular complexity index is 571. The van der Waals surface area contributed by atoms with Gasteiger partial charge in [-0.25, -0.2) is 4.79 Å². The summed E-state index contributed by atoms with van der Waals surface area (Å²) in [7, 11) is 0. The molecule has 0 bridgehead atoms. The molecule has 3 atom stereocenters. The Morgan fingerprint density at radius 2 is 2.00 bits per heavy atom. The van der Waals surface area contributed by atoms with Gasteiger partial charge in [-0.3, -0.25) is 0 Å². The lowest BCUT2D eigenvalue weighted by Gasteiger charge is -2.13. The second kappa shape index (κ2) is 8.15. The number of allylic oxidation sites excluding steroid dienone is 1. The summed E-state index contributed by atoms with van der Waals surface area (Å²) < 4.78 is 5.04. The van der Waals surface area contributed by atoms with E-state index in [-0.39, 0.29) is 29.4 Å². The molecule has 0 amide bonds. The molecule has 1 aromatic rings. The lowest BCUT2D eigenvalue weighted by atomic mass is 9.99. The molecule has 1 aromatic heterocycles. The van der Waals surface area contributed by atoms with Gasteiger partial charge in [0, 0.05) is 12.5 Å². The molecular formula is C17H26O5. The Morgan fingerprint density at radius 1 is 1.36 bits per heavy atom. The van der Waals surface area contributed by atoms with Crippen LogP contribution in [0.15, 0.2) is 26.9 Å². The minimum Gasteiger partial charge on any atom is -0.507 e. The Morgan fingerprint density at radius 3 is 2.55 bits per heavy atom. The van der Waals surface area contributed by atoms with Crippen LogP contribution >= 0.6 is 0 Å². The highest BCUT2D eigenvalue weighted by Crippen LogP contribution is 2.18. The fourth-order valence-electron chi connectivity index (χ4n) is 2.09. The van der Waals surface area contributed by atoms with Crippen LogP contribution in [0.3, 0.4) is 0 Å². The van der Waals surface area contributed by atoms with Crippen LogP contribution in [0.4, 0.5) is 0 Å². The van der Waals surface area contributed by atoms with Gasteiger partial charge in [0.25, 0.3) is 0 Å². The summed E-state index contributed by atoms with van der Waals surface area (Å²) in [6.07, 6.45) is 2.34. The topological polar surface area (TPSA) is 90.9 Å². The number of hydrogen-bond acceptors (Lipinski definition) is 5. The average molecular weight is 310 g/mol. The van der Waals surface area contributed by atoms with Crippen molar-refractivity contribution >= 4 is 0 Å². The lowest BCUT2D eigenvalue weighted by molar-refractivity contribution is 0.153. The van der Waals surface area contributed by atoms with Crippen molar-refractivity contribution in [1.82, 2.24) is 0 Å². The zero-order valence-electron chi connectivity index (χ0n) is 13.7. The zero-order valence-corrected chi connectivity index (χ0v) is 13.7. The summed E-state index contributed by atoms with van der Waals surface area (Å²) in [6.45, 7) is 7.13. The van der Waals surface area contributed by atoms with Gasteiger partial charge in [0.05, 0.1) is 17.8 Å². The SMILES string of the molecule is C/C(=C\[C@H](C)[C@H](C)O)CC[C@@H](O)Cc1cc(O)c(C)c(=O)o1. The summed E-state index contributed by atoms with van der Waals surface area (Å²) in [5.74, 6) is 0.240. The van der Waals surface area contributed by atoms with E-state index in [1.807, 2.05) is 19.9 Å². The fraction of sp³-hybridized carbons (Fsp3) is 0.588. The molecule has 22 heavy (non-hydrogen) atoms. The van der Waals surface area contributed by atoms with E-state index in [1.54, 1.807) is 6.92 Å². The van der Waals surface area contributed by atoms with E-state index in [2.05, 4.69) is 0 Å². The molecule has 3 N–H and O–H groups in total. The van der Waals surface area contributed by atoms with E-state index in [4.69, 9.17) is 4.42 Å². The molecule has 0 unspecified atom stereocenters. The molecule has 0 saturated heterocycles. The monoisotopic (exact) mass is 310 g/mol.